The van der Waals surface area contributed by atoms with Crippen molar-refractivity contribution in [2.75, 3.05) is 13.2 Å². The molecule has 0 aromatic heterocycles. The first kappa shape index (κ1) is 15.0. The topological polar surface area (TPSA) is 21.3 Å². The standard InChI is InChI=1S/C14H19ClFNO/c1-11(2)9-17-10-12-5-3-6-13(16)14(12)18-8-4-7-15/h3-7,11,17H,8-10H2,1-2H3/b7-4+. The van der Waals surface area contributed by atoms with Crippen LogP contribution in [0.2, 0.25) is 0 Å². The Morgan fingerprint density at radius 3 is 2.89 bits per heavy atom. The number of hydrogen-bond acceptors (Lipinski definition) is 2. The van der Waals surface area contributed by atoms with Gasteiger partial charge in [-0.3, -0.25) is 0 Å². The van der Waals surface area contributed by atoms with Crippen LogP contribution in [0, 0.1) is 11.7 Å². The maximum Gasteiger partial charge on any atom is 0.165 e. The predicted molar refractivity (Wildman–Crippen MR) is 73.4 cm³/mol. The van der Waals surface area contributed by atoms with Crippen LogP contribution in [0.1, 0.15) is 19.4 Å². The zero-order chi connectivity index (χ0) is 13.4. The fraction of sp³-hybridized carbons (Fsp3) is 0.429. The number of ether oxygens (including phenoxy) is 1. The molecule has 4 heteroatoms. The van der Waals surface area contributed by atoms with Gasteiger partial charge >= 0.3 is 0 Å². The van der Waals surface area contributed by atoms with Gasteiger partial charge in [0.15, 0.2) is 11.6 Å². The van der Waals surface area contributed by atoms with E-state index in [9.17, 15) is 4.39 Å². The highest BCUT2D eigenvalue weighted by Crippen LogP contribution is 2.22. The summed E-state index contributed by atoms with van der Waals surface area (Å²) in [6.45, 7) is 6.00. The van der Waals surface area contributed by atoms with Gasteiger partial charge in [-0.05, 0) is 24.6 Å². The van der Waals surface area contributed by atoms with Crippen LogP contribution in [-0.2, 0) is 6.54 Å². The molecule has 0 heterocycles. The van der Waals surface area contributed by atoms with E-state index in [1.807, 2.05) is 6.07 Å². The lowest BCUT2D eigenvalue weighted by molar-refractivity contribution is 0.336. The third-order valence-electron chi connectivity index (χ3n) is 2.33. The van der Waals surface area contributed by atoms with E-state index in [-0.39, 0.29) is 12.4 Å². The van der Waals surface area contributed by atoms with Crippen LogP contribution in [0.5, 0.6) is 5.75 Å². The molecule has 0 aliphatic carbocycles. The summed E-state index contributed by atoms with van der Waals surface area (Å²) in [6.07, 6.45) is 1.62. The molecule has 0 spiro atoms. The van der Waals surface area contributed by atoms with Gasteiger partial charge in [0, 0.05) is 17.6 Å². The summed E-state index contributed by atoms with van der Waals surface area (Å²) in [5.74, 6) is 0.507. The summed E-state index contributed by atoms with van der Waals surface area (Å²) in [5.41, 5.74) is 2.18. The van der Waals surface area contributed by atoms with Gasteiger partial charge in [0.1, 0.15) is 6.61 Å². The van der Waals surface area contributed by atoms with E-state index in [1.165, 1.54) is 11.6 Å². The van der Waals surface area contributed by atoms with Crippen LogP contribution in [0.15, 0.2) is 29.8 Å². The average Bonchev–Trinajstić information content (AvgIpc) is 2.32. The van der Waals surface area contributed by atoms with Gasteiger partial charge < -0.3 is 10.1 Å². The van der Waals surface area contributed by atoms with Crippen LogP contribution < -0.4 is 10.1 Å². The summed E-state index contributed by atoms with van der Waals surface area (Å²) in [5, 5.41) is 3.27. The number of para-hydroxylation sites is 1. The monoisotopic (exact) mass is 271 g/mol. The first-order valence-electron chi connectivity index (χ1n) is 6.01. The Balaban J connectivity index is 2.67. The molecule has 100 valence electrons. The highest BCUT2D eigenvalue weighted by molar-refractivity contribution is 6.25. The maximum absolute atomic E-state index is 13.7. The number of halogens is 2. The molecule has 2 nitrogen and oxygen atoms in total. The second-order valence-corrected chi connectivity index (χ2v) is 4.68. The van der Waals surface area contributed by atoms with Gasteiger partial charge in [-0.25, -0.2) is 4.39 Å². The van der Waals surface area contributed by atoms with Crippen molar-refractivity contribution in [3.63, 3.8) is 0 Å². The van der Waals surface area contributed by atoms with E-state index in [1.54, 1.807) is 12.1 Å². The molecule has 1 aromatic carbocycles. The maximum atomic E-state index is 13.7. The van der Waals surface area contributed by atoms with Crippen molar-refractivity contribution in [1.82, 2.24) is 5.32 Å². The van der Waals surface area contributed by atoms with E-state index in [0.29, 0.717) is 18.2 Å². The lowest BCUT2D eigenvalue weighted by atomic mass is 10.1. The highest BCUT2D eigenvalue weighted by atomic mass is 35.5. The van der Waals surface area contributed by atoms with Crippen LogP contribution >= 0.6 is 11.6 Å². The predicted octanol–water partition coefficient (Wildman–Crippen LogP) is 3.70. The van der Waals surface area contributed by atoms with Gasteiger partial charge in [0.25, 0.3) is 0 Å². The molecular formula is C14H19ClFNO. The molecule has 0 bridgehead atoms. The Morgan fingerprint density at radius 2 is 2.22 bits per heavy atom. The number of hydrogen-bond donors (Lipinski definition) is 1. The smallest absolute Gasteiger partial charge is 0.165 e. The molecule has 0 unspecified atom stereocenters. The molecule has 1 N–H and O–H groups in total. The normalized spacial score (nSPS) is 11.4. The summed E-state index contributed by atoms with van der Waals surface area (Å²) >= 11 is 5.40. The van der Waals surface area contributed by atoms with Crippen LogP contribution in [0.25, 0.3) is 0 Å². The summed E-state index contributed by atoms with van der Waals surface area (Å²) in [4.78, 5) is 0. The second kappa shape index (κ2) is 8.11. The van der Waals surface area contributed by atoms with E-state index in [0.717, 1.165) is 12.1 Å². The number of rotatable bonds is 7. The van der Waals surface area contributed by atoms with E-state index >= 15 is 0 Å². The third kappa shape index (κ3) is 5.07. The molecule has 0 saturated heterocycles. The molecule has 0 saturated carbocycles. The van der Waals surface area contributed by atoms with Crippen LogP contribution in [0.4, 0.5) is 4.39 Å². The van der Waals surface area contributed by atoms with Gasteiger partial charge in [-0.2, -0.15) is 0 Å². The minimum absolute atomic E-state index is 0.265. The molecular weight excluding hydrogens is 253 g/mol. The Morgan fingerprint density at radius 1 is 1.44 bits per heavy atom. The summed E-state index contributed by atoms with van der Waals surface area (Å²) in [6, 6.07) is 4.94. The van der Waals surface area contributed by atoms with Gasteiger partial charge in [-0.1, -0.05) is 37.6 Å². The average molecular weight is 272 g/mol. The van der Waals surface area contributed by atoms with E-state index < -0.39 is 0 Å². The Labute approximate surface area is 113 Å². The lowest BCUT2D eigenvalue weighted by Crippen LogP contribution is -2.19. The van der Waals surface area contributed by atoms with Gasteiger partial charge in [0.05, 0.1) is 0 Å². The molecule has 0 aliphatic rings. The van der Waals surface area contributed by atoms with Crippen molar-refractivity contribution >= 4 is 11.6 Å². The van der Waals surface area contributed by atoms with Crippen LogP contribution in [0.3, 0.4) is 0 Å². The SMILES string of the molecule is CC(C)CNCc1cccc(F)c1OC/C=C/Cl. The van der Waals surface area contributed by atoms with Crippen LogP contribution in [-0.4, -0.2) is 13.2 Å². The number of benzene rings is 1. The first-order valence-corrected chi connectivity index (χ1v) is 6.45. The van der Waals surface area contributed by atoms with Crippen molar-refractivity contribution in [3.8, 4) is 5.75 Å². The largest absolute Gasteiger partial charge is 0.486 e. The molecule has 0 radical (unpaired) electrons. The van der Waals surface area contributed by atoms with Crippen molar-refractivity contribution < 1.29 is 9.13 Å². The fourth-order valence-corrected chi connectivity index (χ4v) is 1.59. The third-order valence-corrected chi connectivity index (χ3v) is 2.51. The summed E-state index contributed by atoms with van der Waals surface area (Å²) in [7, 11) is 0. The quantitative estimate of drug-likeness (QED) is 0.816. The van der Waals surface area contributed by atoms with E-state index in [2.05, 4.69) is 19.2 Å². The highest BCUT2D eigenvalue weighted by Gasteiger charge is 2.09. The summed E-state index contributed by atoms with van der Waals surface area (Å²) < 4.78 is 19.0. The molecule has 1 aromatic rings. The minimum Gasteiger partial charge on any atom is -0.486 e. The van der Waals surface area contributed by atoms with Gasteiger partial charge in [-0.15, -0.1) is 0 Å². The zero-order valence-electron chi connectivity index (χ0n) is 10.7. The second-order valence-electron chi connectivity index (χ2n) is 4.43. The Bertz CT molecular complexity index is 393. The Hall–Kier alpha value is -1.06. The lowest BCUT2D eigenvalue weighted by Gasteiger charge is -2.12. The fourth-order valence-electron chi connectivity index (χ4n) is 1.52. The molecule has 0 aliphatic heterocycles. The van der Waals surface area contributed by atoms with Crippen molar-refractivity contribution in [1.29, 1.82) is 0 Å². The Kier molecular flexibility index (Phi) is 6.76. The van der Waals surface area contributed by atoms with Crippen molar-refractivity contribution in [2.24, 2.45) is 5.92 Å². The van der Waals surface area contributed by atoms with Crippen molar-refractivity contribution in [3.05, 3.63) is 41.2 Å². The first-order chi connectivity index (χ1) is 8.65. The molecule has 18 heavy (non-hydrogen) atoms. The zero-order valence-corrected chi connectivity index (χ0v) is 11.5. The molecule has 0 amide bonds. The minimum atomic E-state index is -0.346. The van der Waals surface area contributed by atoms with Crippen molar-refractivity contribution in [2.45, 2.75) is 20.4 Å². The molecule has 1 rings (SSSR count). The molecule has 0 fully saturated rings. The van der Waals surface area contributed by atoms with E-state index in [4.69, 9.17) is 16.3 Å². The molecule has 0 atom stereocenters. The number of nitrogens with one attached hydrogen (secondary N) is 1. The van der Waals surface area contributed by atoms with Gasteiger partial charge in [0.2, 0.25) is 0 Å².